The van der Waals surface area contributed by atoms with Gasteiger partial charge >= 0.3 is 5.97 Å². The van der Waals surface area contributed by atoms with Crippen LogP contribution in [-0.2, 0) is 19.1 Å². The Morgan fingerprint density at radius 3 is 2.48 bits per heavy atom. The van der Waals surface area contributed by atoms with Crippen LogP contribution in [0.15, 0.2) is 59.7 Å². The Bertz CT molecular complexity index is 1060. The van der Waals surface area contributed by atoms with Crippen LogP contribution in [0.5, 0.6) is 0 Å². The number of hydrogen-bond acceptors (Lipinski definition) is 4. The molecule has 0 amide bonds. The van der Waals surface area contributed by atoms with Crippen LogP contribution >= 0.6 is 11.6 Å². The van der Waals surface area contributed by atoms with Crippen LogP contribution in [0.4, 0.5) is 4.39 Å². The quantitative estimate of drug-likeness (QED) is 0.392. The van der Waals surface area contributed by atoms with Gasteiger partial charge in [-0.15, -0.1) is 0 Å². The summed E-state index contributed by atoms with van der Waals surface area (Å²) in [5.74, 6) is -2.18. The van der Waals surface area contributed by atoms with Crippen molar-refractivity contribution in [3.05, 3.63) is 81.6 Å². The molecule has 4 rings (SSSR count). The van der Waals surface area contributed by atoms with Crippen LogP contribution < -0.4 is 0 Å². The molecule has 0 saturated carbocycles. The maximum atomic E-state index is 15.0. The van der Waals surface area contributed by atoms with E-state index in [0.717, 1.165) is 11.1 Å². The van der Waals surface area contributed by atoms with Gasteiger partial charge in [-0.1, -0.05) is 54.4 Å². The maximum Gasteiger partial charge on any atom is 0.310 e. The summed E-state index contributed by atoms with van der Waals surface area (Å²) in [6.07, 6.45) is 1.65. The molecule has 4 nitrogen and oxygen atoms in total. The largest absolute Gasteiger partial charge is 0.463 e. The lowest BCUT2D eigenvalue weighted by molar-refractivity contribution is -0.152. The first-order valence-electron chi connectivity index (χ1n) is 11.3. The van der Waals surface area contributed by atoms with Crippen molar-refractivity contribution < 1.29 is 23.5 Å². The molecule has 4 atom stereocenters. The Kier molecular flexibility index (Phi) is 7.30. The molecular formula is C27H28ClFO4. The van der Waals surface area contributed by atoms with Crippen molar-refractivity contribution in [2.45, 2.75) is 38.0 Å². The van der Waals surface area contributed by atoms with E-state index in [-0.39, 0.29) is 30.8 Å². The van der Waals surface area contributed by atoms with Gasteiger partial charge in [-0.05, 0) is 54.0 Å². The molecule has 0 heterocycles. The van der Waals surface area contributed by atoms with Gasteiger partial charge in [-0.25, -0.2) is 4.39 Å². The van der Waals surface area contributed by atoms with Crippen LogP contribution in [0.2, 0.25) is 5.02 Å². The number of ether oxygens (including phenoxy) is 2. The third-order valence-electron chi connectivity index (χ3n) is 6.84. The van der Waals surface area contributed by atoms with Crippen LogP contribution in [0.25, 0.3) is 0 Å². The number of methoxy groups -OCH3 is 1. The lowest BCUT2D eigenvalue weighted by atomic mass is 9.61. The molecule has 0 aliphatic heterocycles. The highest BCUT2D eigenvalue weighted by molar-refractivity contribution is 6.30. The molecule has 0 spiro atoms. The number of hydrogen-bond donors (Lipinski definition) is 0. The van der Waals surface area contributed by atoms with Gasteiger partial charge in [-0.2, -0.15) is 0 Å². The average Bonchev–Trinajstić information content (AvgIpc) is 2.79. The molecule has 174 valence electrons. The molecule has 0 fully saturated rings. The Morgan fingerprint density at radius 2 is 1.79 bits per heavy atom. The summed E-state index contributed by atoms with van der Waals surface area (Å²) < 4.78 is 25.5. The third-order valence-corrected chi connectivity index (χ3v) is 7.10. The predicted molar refractivity (Wildman–Crippen MR) is 125 cm³/mol. The third kappa shape index (κ3) is 4.90. The van der Waals surface area contributed by atoms with Gasteiger partial charge in [0.1, 0.15) is 12.4 Å². The molecule has 2 aliphatic rings. The van der Waals surface area contributed by atoms with E-state index in [1.165, 1.54) is 13.2 Å². The second-order valence-corrected chi connectivity index (χ2v) is 9.40. The molecule has 4 unspecified atom stereocenters. The highest BCUT2D eigenvalue weighted by atomic mass is 35.5. The number of benzene rings is 2. The first kappa shape index (κ1) is 23.7. The van der Waals surface area contributed by atoms with Crippen LogP contribution in [0, 0.1) is 17.7 Å². The second-order valence-electron chi connectivity index (χ2n) is 8.96. The van der Waals surface area contributed by atoms with E-state index >= 15 is 0 Å². The van der Waals surface area contributed by atoms with Crippen LogP contribution in [0.3, 0.4) is 0 Å². The van der Waals surface area contributed by atoms with Gasteiger partial charge in [0, 0.05) is 30.0 Å². The van der Waals surface area contributed by atoms with Crippen LogP contribution in [-0.4, -0.2) is 32.1 Å². The summed E-state index contributed by atoms with van der Waals surface area (Å²) in [6, 6.07) is 14.0. The molecular weight excluding hydrogens is 443 g/mol. The van der Waals surface area contributed by atoms with E-state index in [4.69, 9.17) is 21.1 Å². The fraction of sp³-hybridized carbons (Fsp3) is 0.407. The van der Waals surface area contributed by atoms with Crippen molar-refractivity contribution in [3.8, 4) is 0 Å². The first-order chi connectivity index (χ1) is 15.9. The number of allylic oxidation sites excluding steroid dienone is 2. The van der Waals surface area contributed by atoms with Crippen molar-refractivity contribution in [3.63, 3.8) is 0 Å². The summed E-state index contributed by atoms with van der Waals surface area (Å²) in [4.78, 5) is 26.7. The molecule has 0 aromatic heterocycles. The fourth-order valence-electron chi connectivity index (χ4n) is 5.36. The van der Waals surface area contributed by atoms with Gasteiger partial charge in [0.2, 0.25) is 0 Å². The number of rotatable bonds is 6. The Hall–Kier alpha value is -2.50. The molecule has 2 aromatic carbocycles. The molecule has 0 bridgehead atoms. The zero-order chi connectivity index (χ0) is 23.5. The predicted octanol–water partition coefficient (Wildman–Crippen LogP) is 5.85. The normalized spacial score (nSPS) is 25.0. The van der Waals surface area contributed by atoms with Gasteiger partial charge < -0.3 is 9.47 Å². The topological polar surface area (TPSA) is 52.6 Å². The smallest absolute Gasteiger partial charge is 0.310 e. The zero-order valence-electron chi connectivity index (χ0n) is 18.9. The summed E-state index contributed by atoms with van der Waals surface area (Å²) >= 11 is 6.04. The van der Waals surface area contributed by atoms with Crippen molar-refractivity contribution in [2.75, 3.05) is 20.3 Å². The summed E-state index contributed by atoms with van der Waals surface area (Å²) in [5, 5.41) is 0.654. The monoisotopic (exact) mass is 470 g/mol. The molecule has 2 aliphatic carbocycles. The standard InChI is InChI=1S/C27H28ClFO4/c1-16-13-19-14-18(17-7-9-20(28)10-8-17)15-23(30)25(19)26(21-5-3-4-6-22(21)29)24(16)27(31)33-12-11-32-2/h3-10,16,18,24,26H,11-15H2,1-2H3. The molecule has 2 aromatic rings. The van der Waals surface area contributed by atoms with Gasteiger partial charge in [-0.3, -0.25) is 9.59 Å². The summed E-state index contributed by atoms with van der Waals surface area (Å²) in [6.45, 7) is 2.39. The summed E-state index contributed by atoms with van der Waals surface area (Å²) in [5.41, 5.74) is 3.06. The molecule has 0 radical (unpaired) electrons. The highest BCUT2D eigenvalue weighted by Crippen LogP contribution is 2.51. The molecule has 0 saturated heterocycles. The first-order valence-corrected chi connectivity index (χ1v) is 11.7. The Labute approximate surface area is 198 Å². The van der Waals surface area contributed by atoms with E-state index in [1.54, 1.807) is 18.2 Å². The van der Waals surface area contributed by atoms with Crippen LogP contribution in [0.1, 0.15) is 49.1 Å². The number of ketones is 1. The zero-order valence-corrected chi connectivity index (χ0v) is 19.6. The average molecular weight is 471 g/mol. The lowest BCUT2D eigenvalue weighted by Gasteiger charge is -2.41. The van der Waals surface area contributed by atoms with E-state index in [1.807, 2.05) is 31.2 Å². The lowest BCUT2D eigenvalue weighted by Crippen LogP contribution is -2.39. The highest BCUT2D eigenvalue weighted by Gasteiger charge is 2.47. The summed E-state index contributed by atoms with van der Waals surface area (Å²) in [7, 11) is 1.54. The number of Topliss-reactive ketones (excluding diaryl/α,β-unsaturated/α-hetero) is 1. The van der Waals surface area contributed by atoms with E-state index < -0.39 is 23.6 Å². The molecule has 6 heteroatoms. The van der Waals surface area contributed by atoms with Crippen molar-refractivity contribution in [1.82, 2.24) is 0 Å². The Morgan fingerprint density at radius 1 is 1.06 bits per heavy atom. The van der Waals surface area contributed by atoms with Gasteiger partial charge in [0.05, 0.1) is 12.5 Å². The molecule has 0 N–H and O–H groups in total. The van der Waals surface area contributed by atoms with Gasteiger partial charge in [0.25, 0.3) is 0 Å². The fourth-order valence-corrected chi connectivity index (χ4v) is 5.48. The number of halogens is 2. The maximum absolute atomic E-state index is 15.0. The molecule has 33 heavy (non-hydrogen) atoms. The minimum Gasteiger partial charge on any atom is -0.463 e. The van der Waals surface area contributed by atoms with E-state index in [0.29, 0.717) is 35.4 Å². The van der Waals surface area contributed by atoms with Crippen molar-refractivity contribution in [2.24, 2.45) is 11.8 Å². The second kappa shape index (κ2) is 10.2. The van der Waals surface area contributed by atoms with E-state index in [9.17, 15) is 14.0 Å². The minimum absolute atomic E-state index is 0.0222. The minimum atomic E-state index is -0.654. The number of carbonyl (C=O) groups excluding carboxylic acids is 2. The van der Waals surface area contributed by atoms with Crippen molar-refractivity contribution in [1.29, 1.82) is 0 Å². The Balaban J connectivity index is 1.74. The number of esters is 1. The SMILES string of the molecule is COCCOC(=O)C1C(C)CC2=C(C(=O)CC(c3ccc(Cl)cc3)C2)C1c1ccccc1F. The number of carbonyl (C=O) groups is 2. The van der Waals surface area contributed by atoms with Crippen molar-refractivity contribution >= 4 is 23.4 Å². The van der Waals surface area contributed by atoms with E-state index in [2.05, 4.69) is 0 Å². The van der Waals surface area contributed by atoms with Gasteiger partial charge in [0.15, 0.2) is 5.78 Å².